The van der Waals surface area contributed by atoms with Gasteiger partial charge in [-0.1, -0.05) is 13.8 Å². The molecular formula is C14H26N2O2. The predicted molar refractivity (Wildman–Crippen MR) is 71.2 cm³/mol. The van der Waals surface area contributed by atoms with Crippen LogP contribution in [0.3, 0.4) is 0 Å². The summed E-state index contributed by atoms with van der Waals surface area (Å²) in [4.78, 5) is 16.7. The number of nitrogens with zero attached hydrogens (tertiary/aromatic N) is 2. The number of amides is 1. The molecule has 0 aliphatic carbocycles. The maximum absolute atomic E-state index is 12.5. The molecule has 1 atom stereocenters. The van der Waals surface area contributed by atoms with Gasteiger partial charge in [-0.2, -0.15) is 0 Å². The zero-order chi connectivity index (χ0) is 13.3. The van der Waals surface area contributed by atoms with Crippen molar-refractivity contribution in [2.75, 3.05) is 33.2 Å². The second-order valence-electron chi connectivity index (χ2n) is 6.63. The Balaban J connectivity index is 1.93. The fourth-order valence-electron chi connectivity index (χ4n) is 3.05. The highest BCUT2D eigenvalue weighted by Crippen LogP contribution is 2.31. The molecule has 0 radical (unpaired) electrons. The third-order valence-electron chi connectivity index (χ3n) is 4.55. The van der Waals surface area contributed by atoms with E-state index in [1.54, 1.807) is 0 Å². The highest BCUT2D eigenvalue weighted by Gasteiger charge is 2.38. The van der Waals surface area contributed by atoms with E-state index < -0.39 is 0 Å². The van der Waals surface area contributed by atoms with Crippen molar-refractivity contribution in [1.82, 2.24) is 9.80 Å². The Hall–Kier alpha value is -0.610. The first-order valence-corrected chi connectivity index (χ1v) is 7.05. The Labute approximate surface area is 110 Å². The quantitative estimate of drug-likeness (QED) is 0.757. The van der Waals surface area contributed by atoms with Gasteiger partial charge in [-0.15, -0.1) is 0 Å². The number of hydrogen-bond donors (Lipinski definition) is 1. The van der Waals surface area contributed by atoms with Gasteiger partial charge in [0.15, 0.2) is 0 Å². The Morgan fingerprint density at radius 1 is 1.17 bits per heavy atom. The molecule has 0 spiro atoms. The molecule has 2 heterocycles. The third-order valence-corrected chi connectivity index (χ3v) is 4.55. The third kappa shape index (κ3) is 2.86. The van der Waals surface area contributed by atoms with Gasteiger partial charge >= 0.3 is 0 Å². The van der Waals surface area contributed by atoms with E-state index in [0.29, 0.717) is 18.9 Å². The maximum Gasteiger partial charge on any atom is 0.225 e. The minimum atomic E-state index is -0.279. The first kappa shape index (κ1) is 13.8. The van der Waals surface area contributed by atoms with Gasteiger partial charge in [-0.3, -0.25) is 4.79 Å². The van der Waals surface area contributed by atoms with Gasteiger partial charge in [0, 0.05) is 24.4 Å². The van der Waals surface area contributed by atoms with Crippen molar-refractivity contribution in [2.24, 2.45) is 11.3 Å². The van der Waals surface area contributed by atoms with E-state index in [1.807, 2.05) is 18.7 Å². The number of carbonyl (C=O) groups is 1. The average Bonchev–Trinajstić information content (AvgIpc) is 2.33. The molecular weight excluding hydrogens is 228 g/mol. The number of piperidine rings is 2. The zero-order valence-electron chi connectivity index (χ0n) is 11.9. The SMILES string of the molecule is CN1CCC(C(=O)N2CCC(O)C(C)(C)C2)CC1. The lowest BCUT2D eigenvalue weighted by Gasteiger charge is -2.43. The molecule has 2 fully saturated rings. The van der Waals surface area contributed by atoms with E-state index in [1.165, 1.54) is 0 Å². The van der Waals surface area contributed by atoms with Crippen LogP contribution in [0.4, 0.5) is 0 Å². The molecule has 2 rings (SSSR count). The summed E-state index contributed by atoms with van der Waals surface area (Å²) in [5, 5.41) is 9.94. The van der Waals surface area contributed by atoms with Gasteiger partial charge < -0.3 is 14.9 Å². The second kappa shape index (κ2) is 5.17. The molecule has 0 aromatic rings. The van der Waals surface area contributed by atoms with Crippen molar-refractivity contribution < 1.29 is 9.90 Å². The normalized spacial score (nSPS) is 30.4. The molecule has 0 aromatic heterocycles. The first-order chi connectivity index (χ1) is 8.40. The topological polar surface area (TPSA) is 43.8 Å². The van der Waals surface area contributed by atoms with E-state index in [2.05, 4.69) is 11.9 Å². The summed E-state index contributed by atoms with van der Waals surface area (Å²) in [7, 11) is 2.11. The van der Waals surface area contributed by atoms with Crippen molar-refractivity contribution in [2.45, 2.75) is 39.2 Å². The van der Waals surface area contributed by atoms with Crippen molar-refractivity contribution >= 4 is 5.91 Å². The van der Waals surface area contributed by atoms with E-state index in [0.717, 1.165) is 32.5 Å². The molecule has 1 unspecified atom stereocenters. The lowest BCUT2D eigenvalue weighted by molar-refractivity contribution is -0.143. The number of aliphatic hydroxyl groups excluding tert-OH is 1. The van der Waals surface area contributed by atoms with Gasteiger partial charge in [0.2, 0.25) is 5.91 Å². The second-order valence-corrected chi connectivity index (χ2v) is 6.63. The molecule has 2 saturated heterocycles. The summed E-state index contributed by atoms with van der Waals surface area (Å²) >= 11 is 0. The molecule has 2 aliphatic heterocycles. The van der Waals surface area contributed by atoms with Crippen LogP contribution in [-0.4, -0.2) is 60.1 Å². The highest BCUT2D eigenvalue weighted by atomic mass is 16.3. The van der Waals surface area contributed by atoms with Gasteiger partial charge in [0.25, 0.3) is 0 Å². The molecule has 18 heavy (non-hydrogen) atoms. The molecule has 104 valence electrons. The van der Waals surface area contributed by atoms with Crippen LogP contribution in [0, 0.1) is 11.3 Å². The fourth-order valence-corrected chi connectivity index (χ4v) is 3.05. The van der Waals surface area contributed by atoms with Crippen molar-refractivity contribution in [1.29, 1.82) is 0 Å². The summed E-state index contributed by atoms with van der Waals surface area (Å²) in [5.41, 5.74) is -0.167. The molecule has 4 heteroatoms. The molecule has 2 aliphatic rings. The van der Waals surface area contributed by atoms with Crippen LogP contribution in [0.2, 0.25) is 0 Å². The van der Waals surface area contributed by atoms with Crippen LogP contribution in [0.1, 0.15) is 33.1 Å². The minimum Gasteiger partial charge on any atom is -0.392 e. The number of rotatable bonds is 1. The fraction of sp³-hybridized carbons (Fsp3) is 0.929. The lowest BCUT2D eigenvalue weighted by atomic mass is 9.80. The summed E-state index contributed by atoms with van der Waals surface area (Å²) in [6.07, 6.45) is 2.40. The Morgan fingerprint density at radius 2 is 1.78 bits per heavy atom. The van der Waals surface area contributed by atoms with E-state index in [9.17, 15) is 9.90 Å². The van der Waals surface area contributed by atoms with Crippen LogP contribution >= 0.6 is 0 Å². The summed E-state index contributed by atoms with van der Waals surface area (Å²) < 4.78 is 0. The van der Waals surface area contributed by atoms with Gasteiger partial charge in [-0.25, -0.2) is 0 Å². The standard InChI is InChI=1S/C14H26N2O2/c1-14(2)10-16(9-6-12(14)17)13(18)11-4-7-15(3)8-5-11/h11-12,17H,4-10H2,1-3H3. The van der Waals surface area contributed by atoms with E-state index >= 15 is 0 Å². The number of hydrogen-bond acceptors (Lipinski definition) is 3. The first-order valence-electron chi connectivity index (χ1n) is 7.05. The largest absolute Gasteiger partial charge is 0.392 e. The monoisotopic (exact) mass is 254 g/mol. The molecule has 4 nitrogen and oxygen atoms in total. The van der Waals surface area contributed by atoms with Gasteiger partial charge in [-0.05, 0) is 39.4 Å². The van der Waals surface area contributed by atoms with Crippen molar-refractivity contribution in [3.8, 4) is 0 Å². The smallest absolute Gasteiger partial charge is 0.225 e. The molecule has 0 bridgehead atoms. The van der Waals surface area contributed by atoms with Crippen LogP contribution in [0.25, 0.3) is 0 Å². The molecule has 1 N–H and O–H groups in total. The zero-order valence-corrected chi connectivity index (χ0v) is 11.9. The van der Waals surface area contributed by atoms with Crippen molar-refractivity contribution in [3.05, 3.63) is 0 Å². The number of carbonyl (C=O) groups excluding carboxylic acids is 1. The average molecular weight is 254 g/mol. The summed E-state index contributed by atoms with van der Waals surface area (Å²) in [6.45, 7) is 7.55. The van der Waals surface area contributed by atoms with Crippen LogP contribution in [0.15, 0.2) is 0 Å². The van der Waals surface area contributed by atoms with Crippen LogP contribution in [0.5, 0.6) is 0 Å². The summed E-state index contributed by atoms with van der Waals surface area (Å²) in [6, 6.07) is 0. The van der Waals surface area contributed by atoms with Crippen LogP contribution < -0.4 is 0 Å². The number of aliphatic hydroxyl groups is 1. The van der Waals surface area contributed by atoms with Crippen molar-refractivity contribution in [3.63, 3.8) is 0 Å². The Bertz CT molecular complexity index is 309. The summed E-state index contributed by atoms with van der Waals surface area (Å²) in [5.74, 6) is 0.510. The molecule has 0 aromatic carbocycles. The van der Waals surface area contributed by atoms with E-state index in [4.69, 9.17) is 0 Å². The molecule has 1 amide bonds. The predicted octanol–water partition coefficient (Wildman–Crippen LogP) is 0.948. The van der Waals surface area contributed by atoms with Crippen LogP contribution in [-0.2, 0) is 4.79 Å². The molecule has 0 saturated carbocycles. The van der Waals surface area contributed by atoms with Gasteiger partial charge in [0.1, 0.15) is 0 Å². The van der Waals surface area contributed by atoms with Gasteiger partial charge in [0.05, 0.1) is 6.10 Å². The van der Waals surface area contributed by atoms with E-state index in [-0.39, 0.29) is 17.4 Å². The number of likely N-dealkylation sites (tertiary alicyclic amines) is 2. The Morgan fingerprint density at radius 3 is 2.33 bits per heavy atom. The minimum absolute atomic E-state index is 0.167. The highest BCUT2D eigenvalue weighted by molar-refractivity contribution is 5.79. The maximum atomic E-state index is 12.5. The Kier molecular flexibility index (Phi) is 3.97. The lowest BCUT2D eigenvalue weighted by Crippen LogP contribution is -2.53.